The minimum atomic E-state index is -0.598. The third kappa shape index (κ3) is 6.27. The first-order valence-electron chi connectivity index (χ1n) is 10.4. The molecule has 8 heteroatoms. The van der Waals surface area contributed by atoms with E-state index < -0.39 is 6.04 Å². The molecule has 0 aliphatic rings. The second-order valence-corrected chi connectivity index (χ2v) is 8.37. The standard InChI is InChI=1S/C24H27N3O4S/c1-17(28)21(15-18-9-4-3-5-10-18)25-22(29)16-32-24-26-20-12-7-6-11-19(20)23(30)27(24)13-8-14-31-2/h3-7,9-12,21H,8,13-16H2,1-2H3,(H,25,29). The van der Waals surface area contributed by atoms with Crippen molar-refractivity contribution in [3.05, 3.63) is 70.5 Å². The van der Waals surface area contributed by atoms with Gasteiger partial charge in [0.1, 0.15) is 0 Å². The zero-order chi connectivity index (χ0) is 22.9. The minimum Gasteiger partial charge on any atom is -0.385 e. The number of ether oxygens (including phenoxy) is 1. The van der Waals surface area contributed by atoms with Gasteiger partial charge in [-0.25, -0.2) is 4.98 Å². The molecule has 3 rings (SSSR count). The number of hydrogen-bond donors (Lipinski definition) is 1. The molecule has 0 spiro atoms. The van der Waals surface area contributed by atoms with Crippen LogP contribution in [0.3, 0.4) is 0 Å². The van der Waals surface area contributed by atoms with Crippen molar-refractivity contribution in [2.75, 3.05) is 19.5 Å². The van der Waals surface area contributed by atoms with Gasteiger partial charge in [-0.2, -0.15) is 0 Å². The zero-order valence-electron chi connectivity index (χ0n) is 18.2. The lowest BCUT2D eigenvalue weighted by molar-refractivity contribution is -0.125. The zero-order valence-corrected chi connectivity index (χ0v) is 19.1. The number of fused-ring (bicyclic) bond motifs is 1. The molecule has 1 aromatic heterocycles. The van der Waals surface area contributed by atoms with Gasteiger partial charge in [-0.1, -0.05) is 54.2 Å². The molecule has 1 heterocycles. The molecule has 1 N–H and O–H groups in total. The van der Waals surface area contributed by atoms with Crippen LogP contribution < -0.4 is 10.9 Å². The van der Waals surface area contributed by atoms with Crippen molar-refractivity contribution in [2.45, 2.75) is 37.5 Å². The van der Waals surface area contributed by atoms with Crippen LogP contribution in [0.5, 0.6) is 0 Å². The van der Waals surface area contributed by atoms with Crippen LogP contribution in [-0.2, 0) is 27.3 Å². The predicted molar refractivity (Wildman–Crippen MR) is 126 cm³/mol. The number of hydrogen-bond acceptors (Lipinski definition) is 6. The normalized spacial score (nSPS) is 11.9. The highest BCUT2D eigenvalue weighted by Crippen LogP contribution is 2.18. The molecular weight excluding hydrogens is 426 g/mol. The van der Waals surface area contributed by atoms with Crippen molar-refractivity contribution < 1.29 is 14.3 Å². The maximum Gasteiger partial charge on any atom is 0.262 e. The molecule has 168 valence electrons. The molecular formula is C24H27N3O4S. The van der Waals surface area contributed by atoms with Gasteiger partial charge in [0.2, 0.25) is 5.91 Å². The number of amides is 1. The van der Waals surface area contributed by atoms with Gasteiger partial charge in [0.15, 0.2) is 10.9 Å². The van der Waals surface area contributed by atoms with Gasteiger partial charge in [-0.05, 0) is 37.5 Å². The van der Waals surface area contributed by atoms with Crippen LogP contribution in [0.15, 0.2) is 64.5 Å². The van der Waals surface area contributed by atoms with Crippen molar-refractivity contribution in [1.82, 2.24) is 14.9 Å². The Morgan fingerprint density at radius 1 is 1.12 bits per heavy atom. The number of carbonyl (C=O) groups excluding carboxylic acids is 2. The number of methoxy groups -OCH3 is 1. The number of nitrogens with zero attached hydrogens (tertiary/aromatic N) is 2. The summed E-state index contributed by atoms with van der Waals surface area (Å²) >= 11 is 1.19. The number of thioether (sulfide) groups is 1. The van der Waals surface area contributed by atoms with E-state index in [1.165, 1.54) is 18.7 Å². The predicted octanol–water partition coefficient (Wildman–Crippen LogP) is 2.84. The molecule has 0 radical (unpaired) electrons. The molecule has 0 aliphatic heterocycles. The van der Waals surface area contributed by atoms with Gasteiger partial charge in [-0.3, -0.25) is 19.0 Å². The number of rotatable bonds is 11. The monoisotopic (exact) mass is 453 g/mol. The Labute approximate surface area is 191 Å². The van der Waals surface area contributed by atoms with Gasteiger partial charge < -0.3 is 10.1 Å². The van der Waals surface area contributed by atoms with E-state index in [0.717, 1.165) is 5.56 Å². The second-order valence-electron chi connectivity index (χ2n) is 7.42. The number of Topliss-reactive ketones (excluding diaryl/α,β-unsaturated/α-hetero) is 1. The molecule has 32 heavy (non-hydrogen) atoms. The Morgan fingerprint density at radius 3 is 2.56 bits per heavy atom. The summed E-state index contributed by atoms with van der Waals surface area (Å²) in [6.07, 6.45) is 1.09. The summed E-state index contributed by atoms with van der Waals surface area (Å²) in [5.74, 6) is -0.335. The van der Waals surface area contributed by atoms with Crippen LogP contribution in [0.2, 0.25) is 0 Å². The highest BCUT2D eigenvalue weighted by atomic mass is 32.2. The lowest BCUT2D eigenvalue weighted by Gasteiger charge is -2.17. The summed E-state index contributed by atoms with van der Waals surface area (Å²) < 4.78 is 6.69. The van der Waals surface area contributed by atoms with E-state index in [1.807, 2.05) is 36.4 Å². The molecule has 0 saturated carbocycles. The number of carbonyl (C=O) groups is 2. The highest BCUT2D eigenvalue weighted by Gasteiger charge is 2.19. The van der Waals surface area contributed by atoms with E-state index in [9.17, 15) is 14.4 Å². The van der Waals surface area contributed by atoms with Crippen molar-refractivity contribution in [3.63, 3.8) is 0 Å². The van der Waals surface area contributed by atoms with E-state index >= 15 is 0 Å². The number of aromatic nitrogens is 2. The highest BCUT2D eigenvalue weighted by molar-refractivity contribution is 7.99. The molecule has 0 bridgehead atoms. The first-order valence-corrected chi connectivity index (χ1v) is 11.4. The number of ketones is 1. The van der Waals surface area contributed by atoms with Crippen LogP contribution in [-0.4, -0.2) is 46.8 Å². The summed E-state index contributed by atoms with van der Waals surface area (Å²) in [4.78, 5) is 42.3. The molecule has 0 fully saturated rings. The van der Waals surface area contributed by atoms with Gasteiger partial charge in [0, 0.05) is 20.3 Å². The number of para-hydroxylation sites is 1. The Bertz CT molecular complexity index is 1130. The lowest BCUT2D eigenvalue weighted by atomic mass is 10.0. The van der Waals surface area contributed by atoms with Gasteiger partial charge in [-0.15, -0.1) is 0 Å². The van der Waals surface area contributed by atoms with Crippen molar-refractivity contribution >= 4 is 34.4 Å². The van der Waals surface area contributed by atoms with Crippen molar-refractivity contribution in [1.29, 1.82) is 0 Å². The summed E-state index contributed by atoms with van der Waals surface area (Å²) in [6, 6.07) is 16.1. The minimum absolute atomic E-state index is 0.0492. The third-order valence-electron chi connectivity index (χ3n) is 5.00. The van der Waals surface area contributed by atoms with Crippen LogP contribution in [0.25, 0.3) is 10.9 Å². The molecule has 1 amide bonds. The second kappa shape index (κ2) is 11.6. The summed E-state index contributed by atoms with van der Waals surface area (Å²) in [5, 5.41) is 3.83. The quantitative estimate of drug-likeness (QED) is 0.273. The van der Waals surface area contributed by atoms with Crippen molar-refractivity contribution in [3.8, 4) is 0 Å². The SMILES string of the molecule is COCCCn1c(SCC(=O)NC(Cc2ccccc2)C(C)=O)nc2ccccc2c1=O. The summed E-state index contributed by atoms with van der Waals surface area (Å²) in [7, 11) is 1.61. The van der Waals surface area contributed by atoms with Crippen LogP contribution in [0.4, 0.5) is 0 Å². The Kier molecular flexibility index (Phi) is 8.58. The van der Waals surface area contributed by atoms with Gasteiger partial charge >= 0.3 is 0 Å². The fourth-order valence-corrected chi connectivity index (χ4v) is 4.17. The summed E-state index contributed by atoms with van der Waals surface area (Å²) in [5.41, 5.74) is 1.43. The molecule has 0 saturated heterocycles. The lowest BCUT2D eigenvalue weighted by Crippen LogP contribution is -2.42. The number of nitrogens with one attached hydrogen (secondary N) is 1. The van der Waals surface area contributed by atoms with Crippen LogP contribution in [0, 0.1) is 0 Å². The van der Waals surface area contributed by atoms with E-state index in [1.54, 1.807) is 29.9 Å². The van der Waals surface area contributed by atoms with Crippen LogP contribution in [0.1, 0.15) is 18.9 Å². The van der Waals surface area contributed by atoms with Crippen LogP contribution >= 0.6 is 11.8 Å². The fraction of sp³-hybridized carbons (Fsp3) is 0.333. The molecule has 7 nitrogen and oxygen atoms in total. The van der Waals surface area contributed by atoms with Gasteiger partial charge in [0.25, 0.3) is 5.56 Å². The van der Waals surface area contributed by atoms with E-state index in [-0.39, 0.29) is 23.0 Å². The summed E-state index contributed by atoms with van der Waals surface area (Å²) in [6.45, 7) is 2.43. The van der Waals surface area contributed by atoms with Crippen molar-refractivity contribution in [2.24, 2.45) is 0 Å². The fourth-order valence-electron chi connectivity index (χ4n) is 3.33. The first-order chi connectivity index (χ1) is 15.5. The molecule has 0 aliphatic carbocycles. The first kappa shape index (κ1) is 23.7. The maximum atomic E-state index is 13.0. The smallest absolute Gasteiger partial charge is 0.262 e. The van der Waals surface area contributed by atoms with E-state index in [0.29, 0.717) is 42.1 Å². The number of benzene rings is 2. The molecule has 1 unspecified atom stereocenters. The van der Waals surface area contributed by atoms with E-state index in [2.05, 4.69) is 10.3 Å². The Hall–Kier alpha value is -2.97. The van der Waals surface area contributed by atoms with Gasteiger partial charge in [0.05, 0.1) is 22.7 Å². The molecule has 2 aromatic carbocycles. The maximum absolute atomic E-state index is 13.0. The largest absolute Gasteiger partial charge is 0.385 e. The topological polar surface area (TPSA) is 90.3 Å². The average molecular weight is 454 g/mol. The Balaban J connectivity index is 1.73. The van der Waals surface area contributed by atoms with E-state index in [4.69, 9.17) is 4.74 Å². The third-order valence-corrected chi connectivity index (χ3v) is 5.97. The Morgan fingerprint density at radius 2 is 1.84 bits per heavy atom. The average Bonchev–Trinajstić information content (AvgIpc) is 2.79. The molecule has 1 atom stereocenters. The molecule has 3 aromatic rings.